The van der Waals surface area contributed by atoms with E-state index in [-0.39, 0.29) is 18.9 Å². The molecule has 1 aromatic rings. The second kappa shape index (κ2) is 5.92. The monoisotopic (exact) mass is 306 g/mol. The summed E-state index contributed by atoms with van der Waals surface area (Å²) in [5.74, 6) is 0.758. The molecule has 8 heteroatoms. The topological polar surface area (TPSA) is 54.2 Å². The summed E-state index contributed by atoms with van der Waals surface area (Å²) in [6.45, 7) is 4.20. The minimum absolute atomic E-state index is 0.0805. The molecule has 1 aliphatic rings. The van der Waals surface area contributed by atoms with Gasteiger partial charge in [-0.2, -0.15) is 18.3 Å². The second-order valence-corrected chi connectivity index (χ2v) is 5.93. The standard InChI is InChI=1S/C13H21F3N4O/c1-10(2)20-11(17-9-18-20)7-19-5-3-12(8-21,4-6-19)13(14,15)16/h9-10,21H,3-8H2,1-2H3. The molecule has 1 N–H and O–H groups in total. The van der Waals surface area contributed by atoms with Crippen molar-refractivity contribution in [1.82, 2.24) is 19.7 Å². The highest BCUT2D eigenvalue weighted by atomic mass is 19.4. The average molecular weight is 306 g/mol. The number of aromatic nitrogens is 3. The quantitative estimate of drug-likeness (QED) is 0.924. The van der Waals surface area contributed by atoms with Crippen molar-refractivity contribution in [3.05, 3.63) is 12.2 Å². The van der Waals surface area contributed by atoms with Gasteiger partial charge in [0.1, 0.15) is 12.2 Å². The van der Waals surface area contributed by atoms with Gasteiger partial charge >= 0.3 is 6.18 Å². The Hall–Kier alpha value is -1.15. The molecule has 2 heterocycles. The summed E-state index contributed by atoms with van der Waals surface area (Å²) in [6.07, 6.45) is -3.05. The molecule has 1 aromatic heterocycles. The predicted octanol–water partition coefficient (Wildman–Crippen LogP) is 2.00. The Bertz CT molecular complexity index is 464. The summed E-state index contributed by atoms with van der Waals surface area (Å²) in [4.78, 5) is 6.11. The number of halogens is 3. The van der Waals surface area contributed by atoms with Crippen LogP contribution in [0.25, 0.3) is 0 Å². The minimum atomic E-state index is -4.36. The van der Waals surface area contributed by atoms with E-state index in [1.165, 1.54) is 6.33 Å². The van der Waals surface area contributed by atoms with Crippen LogP contribution < -0.4 is 0 Å². The van der Waals surface area contributed by atoms with E-state index < -0.39 is 18.2 Å². The van der Waals surface area contributed by atoms with Gasteiger partial charge in [0, 0.05) is 6.04 Å². The van der Waals surface area contributed by atoms with Gasteiger partial charge in [0.05, 0.1) is 18.6 Å². The van der Waals surface area contributed by atoms with Gasteiger partial charge in [0.15, 0.2) is 0 Å². The lowest BCUT2D eigenvalue weighted by atomic mass is 9.78. The van der Waals surface area contributed by atoms with Gasteiger partial charge in [-0.1, -0.05) is 0 Å². The first-order valence-corrected chi connectivity index (χ1v) is 7.07. The van der Waals surface area contributed by atoms with Gasteiger partial charge < -0.3 is 5.11 Å². The van der Waals surface area contributed by atoms with E-state index in [4.69, 9.17) is 0 Å². The van der Waals surface area contributed by atoms with E-state index in [0.29, 0.717) is 19.6 Å². The van der Waals surface area contributed by atoms with Crippen LogP contribution in [-0.2, 0) is 6.54 Å². The van der Waals surface area contributed by atoms with Crippen LogP contribution in [0.3, 0.4) is 0 Å². The number of nitrogens with zero attached hydrogens (tertiary/aromatic N) is 4. The number of likely N-dealkylation sites (tertiary alicyclic amines) is 1. The highest BCUT2D eigenvalue weighted by Gasteiger charge is 2.55. The van der Waals surface area contributed by atoms with Gasteiger partial charge in [0.2, 0.25) is 0 Å². The van der Waals surface area contributed by atoms with E-state index in [2.05, 4.69) is 10.1 Å². The molecule has 0 saturated carbocycles. The van der Waals surface area contributed by atoms with Gasteiger partial charge in [-0.05, 0) is 39.8 Å². The fourth-order valence-corrected chi connectivity index (χ4v) is 2.69. The Morgan fingerprint density at radius 1 is 1.33 bits per heavy atom. The number of aliphatic hydroxyl groups is 1. The zero-order valence-electron chi connectivity index (χ0n) is 12.3. The predicted molar refractivity (Wildman–Crippen MR) is 70.5 cm³/mol. The van der Waals surface area contributed by atoms with Crippen molar-refractivity contribution in [1.29, 1.82) is 0 Å². The first-order chi connectivity index (χ1) is 9.79. The van der Waals surface area contributed by atoms with E-state index >= 15 is 0 Å². The number of hydrogen-bond acceptors (Lipinski definition) is 4. The molecule has 0 unspecified atom stereocenters. The van der Waals surface area contributed by atoms with Crippen LogP contribution in [0, 0.1) is 5.41 Å². The maximum absolute atomic E-state index is 13.1. The van der Waals surface area contributed by atoms with Crippen molar-refractivity contribution in [2.75, 3.05) is 19.7 Å². The molecular formula is C13H21F3N4O. The molecule has 2 rings (SSSR count). The summed E-state index contributed by atoms with van der Waals surface area (Å²) >= 11 is 0. The van der Waals surface area contributed by atoms with E-state index in [1.807, 2.05) is 18.7 Å². The molecule has 1 saturated heterocycles. The highest BCUT2D eigenvalue weighted by Crippen LogP contribution is 2.45. The molecule has 21 heavy (non-hydrogen) atoms. The molecule has 0 bridgehead atoms. The molecule has 0 atom stereocenters. The Morgan fingerprint density at radius 2 is 1.95 bits per heavy atom. The van der Waals surface area contributed by atoms with E-state index in [9.17, 15) is 18.3 Å². The molecular weight excluding hydrogens is 285 g/mol. The van der Waals surface area contributed by atoms with Crippen LogP contribution in [0.15, 0.2) is 6.33 Å². The third-order valence-electron chi connectivity index (χ3n) is 4.22. The van der Waals surface area contributed by atoms with Crippen LogP contribution >= 0.6 is 0 Å². The third kappa shape index (κ3) is 3.21. The molecule has 0 aromatic carbocycles. The fraction of sp³-hybridized carbons (Fsp3) is 0.846. The van der Waals surface area contributed by atoms with Crippen molar-refractivity contribution in [2.45, 2.75) is 45.5 Å². The third-order valence-corrected chi connectivity index (χ3v) is 4.22. The summed E-state index contributed by atoms with van der Waals surface area (Å²) in [6, 6.07) is 0.166. The molecule has 1 aliphatic heterocycles. The largest absolute Gasteiger partial charge is 0.396 e. The summed E-state index contributed by atoms with van der Waals surface area (Å²) in [5, 5.41) is 13.3. The van der Waals surface area contributed by atoms with Crippen LogP contribution in [0.5, 0.6) is 0 Å². The van der Waals surface area contributed by atoms with Crippen molar-refractivity contribution < 1.29 is 18.3 Å². The first kappa shape index (κ1) is 16.2. The first-order valence-electron chi connectivity index (χ1n) is 7.07. The SMILES string of the molecule is CC(C)n1ncnc1CN1CCC(CO)(C(F)(F)F)CC1. The van der Waals surface area contributed by atoms with Crippen molar-refractivity contribution in [2.24, 2.45) is 5.41 Å². The fourth-order valence-electron chi connectivity index (χ4n) is 2.69. The number of alkyl halides is 3. The zero-order valence-corrected chi connectivity index (χ0v) is 12.3. The molecule has 0 spiro atoms. The van der Waals surface area contributed by atoms with Crippen molar-refractivity contribution in [3.8, 4) is 0 Å². The van der Waals surface area contributed by atoms with Crippen molar-refractivity contribution in [3.63, 3.8) is 0 Å². The number of rotatable bonds is 4. The zero-order chi connectivity index (χ0) is 15.7. The molecule has 120 valence electrons. The number of hydrogen-bond donors (Lipinski definition) is 1. The van der Waals surface area contributed by atoms with Crippen LogP contribution in [0.2, 0.25) is 0 Å². The van der Waals surface area contributed by atoms with Crippen molar-refractivity contribution >= 4 is 0 Å². The minimum Gasteiger partial charge on any atom is -0.395 e. The average Bonchev–Trinajstić information content (AvgIpc) is 2.87. The van der Waals surface area contributed by atoms with E-state index in [0.717, 1.165) is 5.82 Å². The summed E-state index contributed by atoms with van der Waals surface area (Å²) < 4.78 is 41.0. The smallest absolute Gasteiger partial charge is 0.395 e. The summed E-state index contributed by atoms with van der Waals surface area (Å²) in [5.41, 5.74) is -1.95. The van der Waals surface area contributed by atoms with Gasteiger partial charge in [-0.3, -0.25) is 4.90 Å². The highest BCUT2D eigenvalue weighted by molar-refractivity contribution is 4.94. The van der Waals surface area contributed by atoms with Gasteiger partial charge in [0.25, 0.3) is 0 Å². The lowest BCUT2D eigenvalue weighted by molar-refractivity contribution is -0.249. The van der Waals surface area contributed by atoms with Crippen LogP contribution in [0.4, 0.5) is 13.2 Å². The van der Waals surface area contributed by atoms with Gasteiger partial charge in [-0.25, -0.2) is 9.67 Å². The molecule has 5 nitrogen and oxygen atoms in total. The maximum atomic E-state index is 13.1. The maximum Gasteiger partial charge on any atom is 0.396 e. The summed E-state index contributed by atoms with van der Waals surface area (Å²) in [7, 11) is 0. The van der Waals surface area contributed by atoms with Crippen LogP contribution in [0.1, 0.15) is 38.6 Å². The molecule has 1 fully saturated rings. The molecule has 0 amide bonds. The lowest BCUT2D eigenvalue weighted by Crippen LogP contribution is -2.50. The number of aliphatic hydroxyl groups excluding tert-OH is 1. The Labute approximate surface area is 121 Å². The molecule has 0 aliphatic carbocycles. The Balaban J connectivity index is 2.00. The molecule has 0 radical (unpaired) electrons. The Kier molecular flexibility index (Phi) is 4.57. The van der Waals surface area contributed by atoms with E-state index in [1.54, 1.807) is 4.68 Å². The lowest BCUT2D eigenvalue weighted by Gasteiger charge is -2.41. The number of piperidine rings is 1. The normalized spacial score (nSPS) is 20.1. The van der Waals surface area contributed by atoms with Gasteiger partial charge in [-0.15, -0.1) is 0 Å². The van der Waals surface area contributed by atoms with Crippen LogP contribution in [-0.4, -0.2) is 50.6 Å². The Morgan fingerprint density at radius 3 is 2.43 bits per heavy atom. The second-order valence-electron chi connectivity index (χ2n) is 5.93.